The summed E-state index contributed by atoms with van der Waals surface area (Å²) in [4.78, 5) is 14.0. The summed E-state index contributed by atoms with van der Waals surface area (Å²) in [5.74, 6) is -0.0757. The molecule has 2 heterocycles. The third-order valence-electron chi connectivity index (χ3n) is 3.95. The minimum atomic E-state index is -0.349. The first-order chi connectivity index (χ1) is 8.20. The lowest BCUT2D eigenvalue weighted by atomic mass is 9.79. The number of hydrogen-bond acceptors (Lipinski definition) is 3. The van der Waals surface area contributed by atoms with Crippen molar-refractivity contribution >= 4 is 5.97 Å². The van der Waals surface area contributed by atoms with Crippen molar-refractivity contribution in [2.45, 2.75) is 24.9 Å². The van der Waals surface area contributed by atoms with Gasteiger partial charge in [-0.1, -0.05) is 24.3 Å². The van der Waals surface area contributed by atoms with E-state index in [1.807, 2.05) is 12.1 Å². The molecule has 17 heavy (non-hydrogen) atoms. The number of carbonyl (C=O) groups excluding carboxylic acids is 1. The highest BCUT2D eigenvalue weighted by atomic mass is 16.6. The van der Waals surface area contributed by atoms with Gasteiger partial charge in [-0.3, -0.25) is 4.79 Å². The van der Waals surface area contributed by atoms with Crippen molar-refractivity contribution < 1.29 is 9.53 Å². The van der Waals surface area contributed by atoms with Gasteiger partial charge in [-0.2, -0.15) is 0 Å². The molecule has 3 rings (SSSR count). The highest BCUT2D eigenvalue weighted by Crippen LogP contribution is 2.41. The molecule has 1 fully saturated rings. The second-order valence-corrected chi connectivity index (χ2v) is 5.11. The number of likely N-dealkylation sites (tertiary alicyclic amines) is 1. The van der Waals surface area contributed by atoms with E-state index in [1.165, 1.54) is 5.56 Å². The second-order valence-electron chi connectivity index (χ2n) is 5.11. The van der Waals surface area contributed by atoms with Gasteiger partial charge in [0.15, 0.2) is 0 Å². The monoisotopic (exact) mass is 231 g/mol. The molecule has 3 heteroatoms. The van der Waals surface area contributed by atoms with E-state index in [9.17, 15) is 4.79 Å². The van der Waals surface area contributed by atoms with Crippen molar-refractivity contribution in [3.8, 4) is 0 Å². The summed E-state index contributed by atoms with van der Waals surface area (Å²) < 4.78 is 5.72. The summed E-state index contributed by atoms with van der Waals surface area (Å²) in [7, 11) is 2.11. The fraction of sp³-hybridized carbons (Fsp3) is 0.500. The third kappa shape index (κ3) is 1.75. The predicted molar refractivity (Wildman–Crippen MR) is 64.6 cm³/mol. The summed E-state index contributed by atoms with van der Waals surface area (Å²) in [6, 6.07) is 8.21. The fourth-order valence-corrected chi connectivity index (χ4v) is 2.93. The van der Waals surface area contributed by atoms with Crippen LogP contribution in [0.4, 0.5) is 0 Å². The average molecular weight is 231 g/mol. The Kier molecular flexibility index (Phi) is 2.44. The zero-order valence-corrected chi connectivity index (χ0v) is 10.1. The SMILES string of the molecule is CN1CCC2(CC1)OC(=O)Cc1ccccc12. The van der Waals surface area contributed by atoms with Crippen molar-refractivity contribution in [1.29, 1.82) is 0 Å². The Bertz CT molecular complexity index is 447. The first kappa shape index (κ1) is 10.8. The van der Waals surface area contributed by atoms with Crippen LogP contribution < -0.4 is 0 Å². The first-order valence-electron chi connectivity index (χ1n) is 6.18. The summed E-state index contributed by atoms with van der Waals surface area (Å²) in [5, 5.41) is 0. The topological polar surface area (TPSA) is 29.5 Å². The van der Waals surface area contributed by atoms with Crippen LogP contribution in [0.15, 0.2) is 24.3 Å². The van der Waals surface area contributed by atoms with Crippen LogP contribution in [-0.4, -0.2) is 31.0 Å². The van der Waals surface area contributed by atoms with Crippen LogP contribution in [0, 0.1) is 0 Å². The normalized spacial score (nSPS) is 23.2. The van der Waals surface area contributed by atoms with Crippen LogP contribution in [-0.2, 0) is 21.6 Å². The summed E-state index contributed by atoms with van der Waals surface area (Å²) in [6.07, 6.45) is 2.24. The molecule has 0 atom stereocenters. The Morgan fingerprint density at radius 3 is 2.71 bits per heavy atom. The molecule has 1 saturated heterocycles. The Labute approximate surface area is 101 Å². The Balaban J connectivity index is 2.02. The van der Waals surface area contributed by atoms with Gasteiger partial charge in [0.1, 0.15) is 5.60 Å². The van der Waals surface area contributed by atoms with E-state index in [2.05, 4.69) is 24.1 Å². The van der Waals surface area contributed by atoms with E-state index in [1.54, 1.807) is 0 Å². The minimum Gasteiger partial charge on any atom is -0.454 e. The van der Waals surface area contributed by atoms with Crippen LogP contribution in [0.3, 0.4) is 0 Å². The lowest BCUT2D eigenvalue weighted by Crippen LogP contribution is -2.46. The lowest BCUT2D eigenvalue weighted by Gasteiger charge is -2.43. The molecule has 1 spiro atoms. The van der Waals surface area contributed by atoms with Gasteiger partial charge in [-0.05, 0) is 18.2 Å². The smallest absolute Gasteiger partial charge is 0.311 e. The van der Waals surface area contributed by atoms with Gasteiger partial charge in [0.2, 0.25) is 0 Å². The largest absolute Gasteiger partial charge is 0.454 e. The highest BCUT2D eigenvalue weighted by Gasteiger charge is 2.43. The number of esters is 1. The Morgan fingerprint density at radius 1 is 1.24 bits per heavy atom. The molecule has 1 aromatic carbocycles. The molecule has 90 valence electrons. The molecule has 0 bridgehead atoms. The Morgan fingerprint density at radius 2 is 1.94 bits per heavy atom. The van der Waals surface area contributed by atoms with E-state index in [0.29, 0.717) is 6.42 Å². The van der Waals surface area contributed by atoms with Gasteiger partial charge in [0, 0.05) is 25.9 Å². The van der Waals surface area contributed by atoms with Gasteiger partial charge in [-0.25, -0.2) is 0 Å². The molecule has 3 nitrogen and oxygen atoms in total. The Hall–Kier alpha value is -1.35. The van der Waals surface area contributed by atoms with Crippen molar-refractivity contribution in [2.75, 3.05) is 20.1 Å². The minimum absolute atomic E-state index is 0.0757. The summed E-state index contributed by atoms with van der Waals surface area (Å²) >= 11 is 0. The second kappa shape index (κ2) is 3.84. The molecule has 2 aliphatic rings. The van der Waals surface area contributed by atoms with Crippen molar-refractivity contribution in [1.82, 2.24) is 4.90 Å². The van der Waals surface area contributed by atoms with Gasteiger partial charge in [0.25, 0.3) is 0 Å². The van der Waals surface area contributed by atoms with Gasteiger partial charge in [-0.15, -0.1) is 0 Å². The maximum Gasteiger partial charge on any atom is 0.311 e. The molecule has 1 aromatic rings. The van der Waals surface area contributed by atoms with E-state index in [0.717, 1.165) is 31.5 Å². The van der Waals surface area contributed by atoms with Crippen LogP contribution in [0.2, 0.25) is 0 Å². The number of carbonyl (C=O) groups is 1. The van der Waals surface area contributed by atoms with Crippen LogP contribution >= 0.6 is 0 Å². The molecule has 0 unspecified atom stereocenters. The number of benzene rings is 1. The molecule has 0 amide bonds. The van der Waals surface area contributed by atoms with Gasteiger partial charge < -0.3 is 9.64 Å². The third-order valence-corrected chi connectivity index (χ3v) is 3.95. The van der Waals surface area contributed by atoms with Crippen LogP contribution in [0.5, 0.6) is 0 Å². The zero-order chi connectivity index (χ0) is 11.9. The number of rotatable bonds is 0. The predicted octanol–water partition coefficient (Wildman–Crippen LogP) is 1.71. The molecule has 0 aliphatic carbocycles. The van der Waals surface area contributed by atoms with E-state index < -0.39 is 0 Å². The quantitative estimate of drug-likeness (QED) is 0.637. The van der Waals surface area contributed by atoms with Crippen molar-refractivity contribution in [3.05, 3.63) is 35.4 Å². The molecule has 0 aromatic heterocycles. The molecular weight excluding hydrogens is 214 g/mol. The van der Waals surface area contributed by atoms with E-state index in [-0.39, 0.29) is 11.6 Å². The van der Waals surface area contributed by atoms with Gasteiger partial charge in [0.05, 0.1) is 6.42 Å². The van der Waals surface area contributed by atoms with Crippen molar-refractivity contribution in [2.24, 2.45) is 0 Å². The highest BCUT2D eigenvalue weighted by molar-refractivity contribution is 5.76. The fourth-order valence-electron chi connectivity index (χ4n) is 2.93. The number of fused-ring (bicyclic) bond motifs is 2. The van der Waals surface area contributed by atoms with E-state index >= 15 is 0 Å². The molecule has 0 N–H and O–H groups in total. The van der Waals surface area contributed by atoms with Gasteiger partial charge >= 0.3 is 5.97 Å². The van der Waals surface area contributed by atoms with Crippen LogP contribution in [0.25, 0.3) is 0 Å². The molecule has 0 saturated carbocycles. The maximum absolute atomic E-state index is 11.7. The number of ether oxygens (including phenoxy) is 1. The standard InChI is InChI=1S/C14H17NO2/c1-15-8-6-14(7-9-15)12-5-3-2-4-11(12)10-13(16)17-14/h2-5H,6-10H2,1H3. The summed E-state index contributed by atoms with van der Waals surface area (Å²) in [6.45, 7) is 1.98. The maximum atomic E-state index is 11.7. The van der Waals surface area contributed by atoms with Crippen molar-refractivity contribution in [3.63, 3.8) is 0 Å². The summed E-state index contributed by atoms with van der Waals surface area (Å²) in [5.41, 5.74) is 2.03. The molecular formula is C14H17NO2. The molecule has 2 aliphatic heterocycles. The van der Waals surface area contributed by atoms with E-state index in [4.69, 9.17) is 4.74 Å². The first-order valence-corrected chi connectivity index (χ1v) is 6.18. The lowest BCUT2D eigenvalue weighted by molar-refractivity contribution is -0.168. The number of hydrogen-bond donors (Lipinski definition) is 0. The molecule has 0 radical (unpaired) electrons. The number of nitrogens with zero attached hydrogens (tertiary/aromatic N) is 1. The zero-order valence-electron chi connectivity index (χ0n) is 10.1. The average Bonchev–Trinajstić information content (AvgIpc) is 2.33. The van der Waals surface area contributed by atoms with Crippen LogP contribution in [0.1, 0.15) is 24.0 Å². The number of piperidine rings is 1.